The van der Waals surface area contributed by atoms with Gasteiger partial charge < -0.3 is 9.47 Å². The van der Waals surface area contributed by atoms with Crippen LogP contribution in [0.3, 0.4) is 0 Å². The van der Waals surface area contributed by atoms with Crippen LogP contribution in [0.15, 0.2) is 0 Å². The van der Waals surface area contributed by atoms with Gasteiger partial charge in [0.2, 0.25) is 0 Å². The molecule has 2 saturated carbocycles. The van der Waals surface area contributed by atoms with E-state index >= 15 is 0 Å². The van der Waals surface area contributed by atoms with Gasteiger partial charge in [-0.25, -0.2) is 0 Å². The van der Waals surface area contributed by atoms with E-state index in [2.05, 4.69) is 11.8 Å². The Kier molecular flexibility index (Phi) is 1.63. The lowest BCUT2D eigenvalue weighted by Crippen LogP contribution is -2.84. The number of hydrogen-bond donors (Lipinski definition) is 0. The van der Waals surface area contributed by atoms with E-state index in [1.165, 1.54) is 25.8 Å². The van der Waals surface area contributed by atoms with Crippen molar-refractivity contribution in [1.82, 2.24) is 4.90 Å². The van der Waals surface area contributed by atoms with E-state index in [-0.39, 0.29) is 28.9 Å². The normalized spacial score (nSPS) is 65.5. The quantitative estimate of drug-likeness (QED) is 0.492. The van der Waals surface area contributed by atoms with Crippen molar-refractivity contribution in [2.45, 2.75) is 56.5 Å². The molecule has 6 aliphatic rings. The molecular weight excluding hydrogens is 254 g/mol. The van der Waals surface area contributed by atoms with E-state index in [1.807, 2.05) is 0 Å². The van der Waals surface area contributed by atoms with Crippen LogP contribution in [0, 0.1) is 23.2 Å². The molecule has 0 N–H and O–H groups in total. The monoisotopic (exact) mass is 275 g/mol. The summed E-state index contributed by atoms with van der Waals surface area (Å²) in [6.45, 7) is 4.65. The smallest absolute Gasteiger partial charge is 0.310 e. The van der Waals surface area contributed by atoms with Gasteiger partial charge in [-0.2, -0.15) is 0 Å². The number of ether oxygens (including phenoxy) is 2. The van der Waals surface area contributed by atoms with Crippen LogP contribution in [-0.4, -0.2) is 47.8 Å². The molecule has 2 aliphatic carbocycles. The van der Waals surface area contributed by atoms with Crippen molar-refractivity contribution in [1.29, 1.82) is 0 Å². The summed E-state index contributed by atoms with van der Waals surface area (Å²) in [5, 5.41) is 0. The van der Waals surface area contributed by atoms with Gasteiger partial charge in [0, 0.05) is 23.4 Å². The van der Waals surface area contributed by atoms with E-state index in [9.17, 15) is 4.79 Å². The zero-order chi connectivity index (χ0) is 13.3. The molecule has 4 heteroatoms. The molecule has 4 nitrogen and oxygen atoms in total. The highest BCUT2D eigenvalue weighted by Gasteiger charge is 2.86. The van der Waals surface area contributed by atoms with Gasteiger partial charge in [-0.3, -0.25) is 9.69 Å². The second kappa shape index (κ2) is 2.95. The van der Waals surface area contributed by atoms with Gasteiger partial charge in [-0.15, -0.1) is 0 Å². The standard InChI is InChI=1S/C16H21NO3/c1-8-6-15-9-3-2-4-17(15)7-12-13(19-12)16(8,15)10-5-11(9)20-14(10)18/h8-13H,2-7H2,1H3/t8?,9?,10?,11?,12?,13?,15-,16-/m0/s1. The zero-order valence-corrected chi connectivity index (χ0v) is 11.9. The third kappa shape index (κ3) is 0.822. The predicted molar refractivity (Wildman–Crippen MR) is 69.9 cm³/mol. The molecule has 0 amide bonds. The molecule has 0 aromatic carbocycles. The fourth-order valence-electron chi connectivity index (χ4n) is 7.44. The second-order valence-corrected chi connectivity index (χ2v) is 8.02. The predicted octanol–water partition coefficient (Wildman–Crippen LogP) is 1.19. The van der Waals surface area contributed by atoms with Crippen LogP contribution in [0.25, 0.3) is 0 Å². The van der Waals surface area contributed by atoms with Crippen molar-refractivity contribution in [3.8, 4) is 0 Å². The van der Waals surface area contributed by atoms with Crippen LogP contribution in [0.1, 0.15) is 32.6 Å². The first-order chi connectivity index (χ1) is 9.69. The highest BCUT2D eigenvalue weighted by Crippen LogP contribution is 2.78. The number of esters is 1. The lowest BCUT2D eigenvalue weighted by atomic mass is 9.34. The Balaban J connectivity index is 1.63. The Bertz CT molecular complexity index is 536. The number of epoxide rings is 1. The Hall–Kier alpha value is -0.610. The van der Waals surface area contributed by atoms with Crippen LogP contribution in [0.4, 0.5) is 0 Å². The largest absolute Gasteiger partial charge is 0.462 e. The van der Waals surface area contributed by atoms with Crippen molar-refractivity contribution in [2.75, 3.05) is 13.1 Å². The molecule has 2 bridgehead atoms. The average molecular weight is 275 g/mol. The fourth-order valence-corrected chi connectivity index (χ4v) is 7.44. The molecule has 8 atom stereocenters. The Morgan fingerprint density at radius 2 is 2.25 bits per heavy atom. The van der Waals surface area contributed by atoms with Crippen LogP contribution >= 0.6 is 0 Å². The molecule has 6 rings (SSSR count). The summed E-state index contributed by atoms with van der Waals surface area (Å²) in [4.78, 5) is 15.2. The molecule has 20 heavy (non-hydrogen) atoms. The summed E-state index contributed by atoms with van der Waals surface area (Å²) >= 11 is 0. The molecule has 6 unspecified atom stereocenters. The van der Waals surface area contributed by atoms with Gasteiger partial charge in [-0.1, -0.05) is 6.92 Å². The van der Waals surface area contributed by atoms with Crippen molar-refractivity contribution in [2.24, 2.45) is 23.2 Å². The summed E-state index contributed by atoms with van der Waals surface area (Å²) in [5.74, 6) is 1.38. The molecule has 4 aliphatic heterocycles. The first-order valence-electron chi connectivity index (χ1n) is 8.30. The highest BCUT2D eigenvalue weighted by atomic mass is 16.6. The highest BCUT2D eigenvalue weighted by molar-refractivity contribution is 5.78. The fraction of sp³-hybridized carbons (Fsp3) is 0.938. The SMILES string of the molecule is CC1C[C@@]23C4CCCN2CC2OC2[C@@]13C1CC4OC1=O. The summed E-state index contributed by atoms with van der Waals surface area (Å²) < 4.78 is 11.9. The first kappa shape index (κ1) is 11.0. The number of carbonyl (C=O) groups excluding carboxylic acids is 1. The molecule has 0 radical (unpaired) electrons. The Morgan fingerprint density at radius 3 is 3.10 bits per heavy atom. The molecule has 0 aromatic rings. The topological polar surface area (TPSA) is 42.1 Å². The van der Waals surface area contributed by atoms with Crippen LogP contribution in [0.5, 0.6) is 0 Å². The van der Waals surface area contributed by atoms with Crippen molar-refractivity contribution in [3.05, 3.63) is 0 Å². The molecular formula is C16H21NO3. The van der Waals surface area contributed by atoms with Gasteiger partial charge in [0.25, 0.3) is 0 Å². The summed E-state index contributed by atoms with van der Waals surface area (Å²) in [5.41, 5.74) is 0.327. The Labute approximate surface area is 118 Å². The van der Waals surface area contributed by atoms with Crippen molar-refractivity contribution >= 4 is 5.97 Å². The van der Waals surface area contributed by atoms with Crippen molar-refractivity contribution < 1.29 is 14.3 Å². The maximum atomic E-state index is 12.5. The third-order valence-corrected chi connectivity index (χ3v) is 7.80. The first-order valence-corrected chi connectivity index (χ1v) is 8.30. The third-order valence-electron chi connectivity index (χ3n) is 7.80. The summed E-state index contributed by atoms with van der Waals surface area (Å²) in [6.07, 6.45) is 5.67. The Morgan fingerprint density at radius 1 is 1.35 bits per heavy atom. The van der Waals surface area contributed by atoms with Crippen LogP contribution < -0.4 is 0 Å². The zero-order valence-electron chi connectivity index (χ0n) is 11.9. The van der Waals surface area contributed by atoms with Crippen LogP contribution in [-0.2, 0) is 14.3 Å². The molecule has 4 saturated heterocycles. The van der Waals surface area contributed by atoms with E-state index in [4.69, 9.17) is 9.47 Å². The van der Waals surface area contributed by atoms with Gasteiger partial charge in [0.05, 0.1) is 18.1 Å². The average Bonchev–Trinajstić information content (AvgIpc) is 3.08. The van der Waals surface area contributed by atoms with Crippen LogP contribution in [0.2, 0.25) is 0 Å². The molecule has 0 aromatic heterocycles. The van der Waals surface area contributed by atoms with E-state index < -0.39 is 0 Å². The lowest BCUT2D eigenvalue weighted by Gasteiger charge is -2.75. The maximum Gasteiger partial charge on any atom is 0.310 e. The number of nitrogens with zero attached hydrogens (tertiary/aromatic N) is 1. The summed E-state index contributed by atoms with van der Waals surface area (Å²) in [7, 11) is 0. The van der Waals surface area contributed by atoms with Gasteiger partial charge >= 0.3 is 5.97 Å². The van der Waals surface area contributed by atoms with E-state index in [1.54, 1.807) is 0 Å². The minimum Gasteiger partial charge on any atom is -0.462 e. The number of hydrogen-bond acceptors (Lipinski definition) is 4. The number of piperidine rings is 2. The van der Waals surface area contributed by atoms with Crippen molar-refractivity contribution in [3.63, 3.8) is 0 Å². The summed E-state index contributed by atoms with van der Waals surface area (Å²) in [6, 6.07) is 0. The molecule has 1 spiro atoms. The van der Waals surface area contributed by atoms with Gasteiger partial charge in [0.1, 0.15) is 6.10 Å². The van der Waals surface area contributed by atoms with Gasteiger partial charge in [-0.05, 0) is 38.1 Å². The number of fused-ring (bicyclic) bond motifs is 4. The second-order valence-electron chi connectivity index (χ2n) is 8.02. The molecule has 108 valence electrons. The number of carbonyl (C=O) groups is 1. The lowest BCUT2D eigenvalue weighted by molar-refractivity contribution is -0.269. The van der Waals surface area contributed by atoms with E-state index in [0.29, 0.717) is 24.0 Å². The molecule has 6 fully saturated rings. The van der Waals surface area contributed by atoms with Gasteiger partial charge in [0.15, 0.2) is 0 Å². The minimum absolute atomic E-state index is 0.0884. The minimum atomic E-state index is 0.0884. The molecule has 4 heterocycles. The number of rotatable bonds is 0. The maximum absolute atomic E-state index is 12.5. The van der Waals surface area contributed by atoms with E-state index in [0.717, 1.165) is 13.0 Å².